The summed E-state index contributed by atoms with van der Waals surface area (Å²) >= 11 is 0. The van der Waals surface area contributed by atoms with E-state index in [0.29, 0.717) is 0 Å². The molecule has 18 heavy (non-hydrogen) atoms. The van der Waals surface area contributed by atoms with Crippen LogP contribution in [0.25, 0.3) is 0 Å². The van der Waals surface area contributed by atoms with Gasteiger partial charge in [-0.15, -0.1) is 0 Å². The minimum absolute atomic E-state index is 0.177. The van der Waals surface area contributed by atoms with Crippen LogP contribution in [0.15, 0.2) is 18.2 Å². The molecule has 0 aromatic heterocycles. The lowest BCUT2D eigenvalue weighted by molar-refractivity contribution is 0.197. The van der Waals surface area contributed by atoms with E-state index in [1.165, 1.54) is 11.1 Å². The SMILES string of the molecule is CCC(C)(C)NCC(C)Oc1cccc(C)c1C. The third-order valence-electron chi connectivity index (χ3n) is 3.64. The molecule has 0 fully saturated rings. The molecule has 0 aliphatic carbocycles. The van der Waals surface area contributed by atoms with Gasteiger partial charge in [0.2, 0.25) is 0 Å². The molecule has 1 aromatic rings. The van der Waals surface area contributed by atoms with Gasteiger partial charge in [0, 0.05) is 12.1 Å². The summed E-state index contributed by atoms with van der Waals surface area (Å²) in [5, 5.41) is 3.54. The first-order chi connectivity index (χ1) is 8.35. The van der Waals surface area contributed by atoms with Crippen LogP contribution in [0.4, 0.5) is 0 Å². The number of hydrogen-bond donors (Lipinski definition) is 1. The van der Waals surface area contributed by atoms with Gasteiger partial charge in [-0.2, -0.15) is 0 Å². The molecule has 1 aromatic carbocycles. The van der Waals surface area contributed by atoms with Crippen LogP contribution >= 0.6 is 0 Å². The third-order valence-corrected chi connectivity index (χ3v) is 3.64. The van der Waals surface area contributed by atoms with Crippen molar-refractivity contribution in [3.05, 3.63) is 29.3 Å². The molecule has 0 saturated carbocycles. The van der Waals surface area contributed by atoms with Gasteiger partial charge in [0.25, 0.3) is 0 Å². The standard InChI is InChI=1S/C16H27NO/c1-7-16(5,6)17-11-13(3)18-15-10-8-9-12(2)14(15)4/h8-10,13,17H,7,11H2,1-6H3. The van der Waals surface area contributed by atoms with Crippen molar-refractivity contribution in [1.29, 1.82) is 0 Å². The van der Waals surface area contributed by atoms with E-state index in [-0.39, 0.29) is 11.6 Å². The van der Waals surface area contributed by atoms with E-state index in [1.807, 2.05) is 12.1 Å². The van der Waals surface area contributed by atoms with E-state index < -0.39 is 0 Å². The highest BCUT2D eigenvalue weighted by molar-refractivity contribution is 5.38. The maximum atomic E-state index is 6.00. The maximum Gasteiger partial charge on any atom is 0.122 e. The Kier molecular flexibility index (Phi) is 5.21. The fraction of sp³-hybridized carbons (Fsp3) is 0.625. The molecule has 1 N–H and O–H groups in total. The molecule has 2 nitrogen and oxygen atoms in total. The second-order valence-corrected chi connectivity index (χ2v) is 5.74. The van der Waals surface area contributed by atoms with E-state index in [0.717, 1.165) is 18.7 Å². The van der Waals surface area contributed by atoms with E-state index in [2.05, 4.69) is 52.9 Å². The van der Waals surface area contributed by atoms with Crippen LogP contribution in [0.3, 0.4) is 0 Å². The first-order valence-electron chi connectivity index (χ1n) is 6.83. The minimum atomic E-state index is 0.177. The van der Waals surface area contributed by atoms with E-state index in [4.69, 9.17) is 4.74 Å². The Hall–Kier alpha value is -1.02. The Balaban J connectivity index is 2.55. The highest BCUT2D eigenvalue weighted by Gasteiger charge is 2.16. The van der Waals surface area contributed by atoms with Crippen molar-refractivity contribution >= 4 is 0 Å². The summed E-state index contributed by atoms with van der Waals surface area (Å²) in [6, 6.07) is 6.21. The van der Waals surface area contributed by atoms with Crippen LogP contribution in [0.5, 0.6) is 5.75 Å². The average molecular weight is 249 g/mol. The third kappa shape index (κ3) is 4.34. The van der Waals surface area contributed by atoms with Gasteiger partial charge in [-0.25, -0.2) is 0 Å². The normalized spacial score (nSPS) is 13.4. The molecule has 0 aliphatic rings. The van der Waals surface area contributed by atoms with E-state index in [1.54, 1.807) is 0 Å². The minimum Gasteiger partial charge on any atom is -0.489 e. The Labute approximate surface area is 112 Å². The van der Waals surface area contributed by atoms with Crippen molar-refractivity contribution in [2.24, 2.45) is 0 Å². The zero-order chi connectivity index (χ0) is 13.8. The fourth-order valence-electron chi connectivity index (χ4n) is 1.66. The van der Waals surface area contributed by atoms with Crippen molar-refractivity contribution in [3.63, 3.8) is 0 Å². The lowest BCUT2D eigenvalue weighted by Gasteiger charge is -2.27. The predicted molar refractivity (Wildman–Crippen MR) is 78.4 cm³/mol. The molecule has 0 bridgehead atoms. The first-order valence-corrected chi connectivity index (χ1v) is 6.83. The van der Waals surface area contributed by atoms with Crippen LogP contribution < -0.4 is 10.1 Å². The largest absolute Gasteiger partial charge is 0.489 e. The van der Waals surface area contributed by atoms with Crippen molar-refractivity contribution in [3.8, 4) is 5.75 Å². The van der Waals surface area contributed by atoms with Crippen molar-refractivity contribution in [2.45, 2.75) is 59.6 Å². The van der Waals surface area contributed by atoms with Gasteiger partial charge >= 0.3 is 0 Å². The molecule has 0 radical (unpaired) electrons. The molecule has 1 atom stereocenters. The van der Waals surface area contributed by atoms with Gasteiger partial charge in [-0.3, -0.25) is 0 Å². The molecule has 0 heterocycles. The average Bonchev–Trinajstić information content (AvgIpc) is 2.33. The van der Waals surface area contributed by atoms with Crippen LogP contribution in [-0.2, 0) is 0 Å². The summed E-state index contributed by atoms with van der Waals surface area (Å²) in [5.41, 5.74) is 2.69. The molecule has 0 spiro atoms. The quantitative estimate of drug-likeness (QED) is 0.827. The summed E-state index contributed by atoms with van der Waals surface area (Å²) in [6.45, 7) is 13.8. The van der Waals surface area contributed by atoms with Crippen molar-refractivity contribution in [2.75, 3.05) is 6.54 Å². The van der Waals surface area contributed by atoms with E-state index in [9.17, 15) is 0 Å². The number of rotatable bonds is 6. The summed E-state index contributed by atoms with van der Waals surface area (Å²) in [7, 11) is 0. The zero-order valence-electron chi connectivity index (χ0n) is 12.6. The lowest BCUT2D eigenvalue weighted by Crippen LogP contribution is -2.43. The number of aryl methyl sites for hydroxylation is 1. The molecule has 0 saturated heterocycles. The predicted octanol–water partition coefficient (Wildman–Crippen LogP) is 3.85. The van der Waals surface area contributed by atoms with E-state index >= 15 is 0 Å². The Morgan fingerprint density at radius 3 is 2.56 bits per heavy atom. The Bertz CT molecular complexity index is 385. The first kappa shape index (κ1) is 15.0. The molecule has 102 valence electrons. The molecule has 1 unspecified atom stereocenters. The molecular weight excluding hydrogens is 222 g/mol. The number of ether oxygens (including phenoxy) is 1. The highest BCUT2D eigenvalue weighted by atomic mass is 16.5. The Morgan fingerprint density at radius 1 is 1.28 bits per heavy atom. The fourth-order valence-corrected chi connectivity index (χ4v) is 1.66. The number of nitrogens with one attached hydrogen (secondary N) is 1. The van der Waals surface area contributed by atoms with Gasteiger partial charge in [0.05, 0.1) is 0 Å². The van der Waals surface area contributed by atoms with Gasteiger partial charge in [0.15, 0.2) is 0 Å². The monoisotopic (exact) mass is 249 g/mol. The summed E-state index contributed by atoms with van der Waals surface area (Å²) in [5.74, 6) is 0.999. The number of hydrogen-bond acceptors (Lipinski definition) is 2. The topological polar surface area (TPSA) is 21.3 Å². The zero-order valence-corrected chi connectivity index (χ0v) is 12.6. The highest BCUT2D eigenvalue weighted by Crippen LogP contribution is 2.21. The molecule has 0 amide bonds. The second-order valence-electron chi connectivity index (χ2n) is 5.74. The van der Waals surface area contributed by atoms with Crippen molar-refractivity contribution < 1.29 is 4.74 Å². The summed E-state index contributed by atoms with van der Waals surface area (Å²) in [4.78, 5) is 0. The smallest absolute Gasteiger partial charge is 0.122 e. The van der Waals surface area contributed by atoms with Crippen LogP contribution in [0.1, 0.15) is 45.2 Å². The number of benzene rings is 1. The Morgan fingerprint density at radius 2 is 1.94 bits per heavy atom. The molecular formula is C16H27NO. The molecule has 1 rings (SSSR count). The maximum absolute atomic E-state index is 6.00. The summed E-state index contributed by atoms with van der Waals surface area (Å²) < 4.78 is 6.00. The molecule has 0 aliphatic heterocycles. The molecule has 2 heteroatoms. The van der Waals surface area contributed by atoms with Crippen LogP contribution in [0, 0.1) is 13.8 Å². The summed E-state index contributed by atoms with van der Waals surface area (Å²) in [6.07, 6.45) is 1.29. The lowest BCUT2D eigenvalue weighted by atomic mass is 10.0. The van der Waals surface area contributed by atoms with Gasteiger partial charge < -0.3 is 10.1 Å². The second kappa shape index (κ2) is 6.24. The van der Waals surface area contributed by atoms with Gasteiger partial charge in [-0.1, -0.05) is 19.1 Å². The van der Waals surface area contributed by atoms with Gasteiger partial charge in [-0.05, 0) is 58.2 Å². The van der Waals surface area contributed by atoms with Crippen LogP contribution in [0.2, 0.25) is 0 Å². The van der Waals surface area contributed by atoms with Crippen molar-refractivity contribution in [1.82, 2.24) is 5.32 Å². The van der Waals surface area contributed by atoms with Crippen LogP contribution in [-0.4, -0.2) is 18.2 Å². The van der Waals surface area contributed by atoms with Gasteiger partial charge in [0.1, 0.15) is 11.9 Å².